The van der Waals surface area contributed by atoms with Gasteiger partial charge in [-0.15, -0.1) is 0 Å². The van der Waals surface area contributed by atoms with E-state index in [1.807, 2.05) is 24.4 Å². The maximum Gasteiger partial charge on any atom is 0.123 e. The molecule has 28 heavy (non-hydrogen) atoms. The van der Waals surface area contributed by atoms with Crippen LogP contribution in [-0.4, -0.2) is 47.0 Å². The number of halogens is 1. The summed E-state index contributed by atoms with van der Waals surface area (Å²) in [5.74, 6) is 0.646. The predicted molar refractivity (Wildman–Crippen MR) is 112 cm³/mol. The summed E-state index contributed by atoms with van der Waals surface area (Å²) in [6, 6.07) is 14.0. The van der Waals surface area contributed by atoms with Crippen LogP contribution in [0.2, 0.25) is 0 Å². The molecule has 0 N–H and O–H groups in total. The SMILES string of the molecule is Fc1ccc(CCC2CCCN(C3CCN(Cc4ccccn4)CC3)C2)cc1. The van der Waals surface area contributed by atoms with Crippen molar-refractivity contribution in [3.63, 3.8) is 0 Å². The van der Waals surface area contributed by atoms with Crippen LogP contribution < -0.4 is 0 Å². The molecule has 3 nitrogen and oxygen atoms in total. The van der Waals surface area contributed by atoms with Gasteiger partial charge < -0.3 is 4.90 Å². The van der Waals surface area contributed by atoms with Crippen molar-refractivity contribution in [1.29, 1.82) is 0 Å². The standard InChI is InChI=1S/C24H32FN3/c25-22-10-8-20(9-11-22)6-7-21-4-3-15-28(18-21)24-12-16-27(17-13-24)19-23-5-1-2-14-26-23/h1-2,5,8-11,14,21,24H,3-4,6-7,12-13,15-19H2. The van der Waals surface area contributed by atoms with E-state index in [0.29, 0.717) is 0 Å². The van der Waals surface area contributed by atoms with Crippen LogP contribution in [0.15, 0.2) is 48.7 Å². The van der Waals surface area contributed by atoms with E-state index in [-0.39, 0.29) is 5.82 Å². The van der Waals surface area contributed by atoms with Gasteiger partial charge in [0.1, 0.15) is 5.82 Å². The lowest BCUT2D eigenvalue weighted by Gasteiger charge is -2.42. The van der Waals surface area contributed by atoms with Crippen molar-refractivity contribution < 1.29 is 4.39 Å². The molecule has 0 bridgehead atoms. The Kier molecular flexibility index (Phi) is 6.71. The maximum absolute atomic E-state index is 13.1. The van der Waals surface area contributed by atoms with Crippen LogP contribution in [0.3, 0.4) is 0 Å². The summed E-state index contributed by atoms with van der Waals surface area (Å²) in [6.45, 7) is 5.84. The van der Waals surface area contributed by atoms with Gasteiger partial charge in [0.05, 0.1) is 5.69 Å². The molecule has 1 unspecified atom stereocenters. The molecule has 4 heteroatoms. The molecule has 0 saturated carbocycles. The summed E-state index contributed by atoms with van der Waals surface area (Å²) in [7, 11) is 0. The van der Waals surface area contributed by atoms with Gasteiger partial charge in [-0.1, -0.05) is 18.2 Å². The lowest BCUT2D eigenvalue weighted by atomic mass is 9.89. The molecule has 0 aliphatic carbocycles. The maximum atomic E-state index is 13.1. The third kappa shape index (κ3) is 5.39. The molecule has 2 saturated heterocycles. The van der Waals surface area contributed by atoms with Gasteiger partial charge in [0.15, 0.2) is 0 Å². The number of hydrogen-bond donors (Lipinski definition) is 0. The van der Waals surface area contributed by atoms with Gasteiger partial charge in [-0.2, -0.15) is 0 Å². The fraction of sp³-hybridized carbons (Fsp3) is 0.542. The predicted octanol–water partition coefficient (Wildman–Crippen LogP) is 4.53. The van der Waals surface area contributed by atoms with Gasteiger partial charge in [-0.25, -0.2) is 4.39 Å². The van der Waals surface area contributed by atoms with E-state index in [2.05, 4.69) is 26.9 Å². The number of aryl methyl sites for hydroxylation is 1. The second-order valence-corrected chi connectivity index (χ2v) is 8.50. The summed E-state index contributed by atoms with van der Waals surface area (Å²) in [4.78, 5) is 9.78. The van der Waals surface area contributed by atoms with Crippen molar-refractivity contribution in [1.82, 2.24) is 14.8 Å². The topological polar surface area (TPSA) is 19.4 Å². The second-order valence-electron chi connectivity index (χ2n) is 8.50. The van der Waals surface area contributed by atoms with Crippen LogP contribution in [0, 0.1) is 11.7 Å². The first kappa shape index (κ1) is 19.5. The van der Waals surface area contributed by atoms with Crippen LogP contribution in [0.5, 0.6) is 0 Å². The van der Waals surface area contributed by atoms with Crippen molar-refractivity contribution in [2.24, 2.45) is 5.92 Å². The van der Waals surface area contributed by atoms with E-state index in [0.717, 1.165) is 24.9 Å². The number of aromatic nitrogens is 1. The molecule has 1 aromatic heterocycles. The molecule has 0 amide bonds. The molecule has 2 aromatic rings. The molecule has 2 aliphatic heterocycles. The molecule has 0 spiro atoms. The third-order valence-corrected chi connectivity index (χ3v) is 6.49. The Morgan fingerprint density at radius 2 is 1.79 bits per heavy atom. The summed E-state index contributed by atoms with van der Waals surface area (Å²) < 4.78 is 13.1. The number of pyridine rings is 1. The summed E-state index contributed by atoms with van der Waals surface area (Å²) in [5, 5.41) is 0. The van der Waals surface area contributed by atoms with Gasteiger partial charge in [0.2, 0.25) is 0 Å². The smallest absolute Gasteiger partial charge is 0.123 e. The minimum atomic E-state index is -0.137. The normalized spacial score (nSPS) is 22.4. The number of rotatable bonds is 6. The number of benzene rings is 1. The zero-order valence-corrected chi connectivity index (χ0v) is 16.8. The number of nitrogens with zero attached hydrogens (tertiary/aromatic N) is 3. The van der Waals surface area contributed by atoms with E-state index >= 15 is 0 Å². The lowest BCUT2D eigenvalue weighted by molar-refractivity contribution is 0.0671. The average molecular weight is 382 g/mol. The minimum Gasteiger partial charge on any atom is -0.300 e. The van der Waals surface area contributed by atoms with Gasteiger partial charge in [0.25, 0.3) is 0 Å². The summed E-state index contributed by atoms with van der Waals surface area (Å²) >= 11 is 0. The van der Waals surface area contributed by atoms with Gasteiger partial charge in [0, 0.05) is 38.4 Å². The van der Waals surface area contributed by atoms with Crippen LogP contribution in [0.4, 0.5) is 4.39 Å². The molecular formula is C24H32FN3. The lowest BCUT2D eigenvalue weighted by Crippen LogP contribution is -2.48. The van der Waals surface area contributed by atoms with Crippen molar-refractivity contribution in [2.45, 2.75) is 51.1 Å². The van der Waals surface area contributed by atoms with Gasteiger partial charge >= 0.3 is 0 Å². The summed E-state index contributed by atoms with van der Waals surface area (Å²) in [5.41, 5.74) is 2.45. The number of piperidine rings is 2. The van der Waals surface area contributed by atoms with E-state index in [9.17, 15) is 4.39 Å². The largest absolute Gasteiger partial charge is 0.300 e. The minimum absolute atomic E-state index is 0.137. The fourth-order valence-electron chi connectivity index (χ4n) is 4.85. The Bertz CT molecular complexity index is 710. The molecule has 3 heterocycles. The van der Waals surface area contributed by atoms with E-state index in [4.69, 9.17) is 0 Å². The Labute approximate surface area is 168 Å². The van der Waals surface area contributed by atoms with E-state index in [1.54, 1.807) is 12.1 Å². The van der Waals surface area contributed by atoms with Crippen LogP contribution in [0.25, 0.3) is 0 Å². The molecule has 0 radical (unpaired) electrons. The molecule has 4 rings (SSSR count). The quantitative estimate of drug-likeness (QED) is 0.733. The number of likely N-dealkylation sites (tertiary alicyclic amines) is 2. The molecule has 150 valence electrons. The van der Waals surface area contributed by atoms with Gasteiger partial charge in [-0.3, -0.25) is 9.88 Å². The van der Waals surface area contributed by atoms with Crippen molar-refractivity contribution in [3.05, 3.63) is 65.7 Å². The second kappa shape index (κ2) is 9.62. The highest BCUT2D eigenvalue weighted by molar-refractivity contribution is 5.16. The molecule has 1 atom stereocenters. The molecule has 1 aromatic carbocycles. The molecule has 2 aliphatic rings. The number of hydrogen-bond acceptors (Lipinski definition) is 3. The van der Waals surface area contributed by atoms with Crippen LogP contribution >= 0.6 is 0 Å². The molecule has 2 fully saturated rings. The first-order valence-electron chi connectivity index (χ1n) is 10.9. The van der Waals surface area contributed by atoms with Crippen molar-refractivity contribution in [2.75, 3.05) is 26.2 Å². The Balaban J connectivity index is 1.22. The molecular weight excluding hydrogens is 349 g/mol. The Morgan fingerprint density at radius 1 is 0.964 bits per heavy atom. The Hall–Kier alpha value is -1.78. The van der Waals surface area contributed by atoms with Crippen molar-refractivity contribution in [3.8, 4) is 0 Å². The fourth-order valence-corrected chi connectivity index (χ4v) is 4.85. The Morgan fingerprint density at radius 3 is 2.54 bits per heavy atom. The van der Waals surface area contributed by atoms with Crippen molar-refractivity contribution >= 4 is 0 Å². The monoisotopic (exact) mass is 381 g/mol. The first-order chi connectivity index (χ1) is 13.8. The van der Waals surface area contributed by atoms with E-state index in [1.165, 1.54) is 69.5 Å². The zero-order chi connectivity index (χ0) is 19.2. The van der Waals surface area contributed by atoms with Crippen LogP contribution in [0.1, 0.15) is 43.4 Å². The highest BCUT2D eigenvalue weighted by Gasteiger charge is 2.28. The average Bonchev–Trinajstić information content (AvgIpc) is 2.75. The summed E-state index contributed by atoms with van der Waals surface area (Å²) in [6.07, 6.45) is 9.40. The first-order valence-corrected chi connectivity index (χ1v) is 10.9. The highest BCUT2D eigenvalue weighted by Crippen LogP contribution is 2.27. The van der Waals surface area contributed by atoms with Gasteiger partial charge in [-0.05, 0) is 80.8 Å². The zero-order valence-electron chi connectivity index (χ0n) is 16.8. The highest BCUT2D eigenvalue weighted by atomic mass is 19.1. The van der Waals surface area contributed by atoms with Crippen LogP contribution in [-0.2, 0) is 13.0 Å². The van der Waals surface area contributed by atoms with E-state index < -0.39 is 0 Å². The third-order valence-electron chi connectivity index (χ3n) is 6.49.